The van der Waals surface area contributed by atoms with Gasteiger partial charge in [0.25, 0.3) is 11.3 Å². The standard InChI is InChI=1S/CH3N2O2S/c4-6-3-1-2-5-6/h1-3H. The van der Waals surface area contributed by atoms with Crippen LogP contribution in [0.4, 0.5) is 0 Å². The predicted octanol–water partition coefficient (Wildman–Crippen LogP) is -1.19. The van der Waals surface area contributed by atoms with Gasteiger partial charge in [0, 0.05) is 0 Å². The summed E-state index contributed by atoms with van der Waals surface area (Å²) in [6.07, 6.45) is 0. The average Bonchev–Trinajstić information content (AvgIpc) is 1.86. The highest BCUT2D eigenvalue weighted by Crippen LogP contribution is 1.82. The second-order valence-electron chi connectivity index (χ2n) is 0.698. The molecule has 0 amide bonds. The second-order valence-corrected chi connectivity index (χ2v) is 1.57. The molecule has 1 aliphatic rings. The zero-order chi connectivity index (χ0) is 4.41. The van der Waals surface area contributed by atoms with E-state index < -0.39 is 11.3 Å². The number of hydrogen-bond donors (Lipinski definition) is 2. The fraction of sp³-hybridized carbons (Fsp3) is 0. The van der Waals surface area contributed by atoms with Crippen LogP contribution in [-0.2, 0) is 15.6 Å². The Labute approximate surface area is 37.6 Å². The van der Waals surface area contributed by atoms with Crippen LogP contribution in [0, 0.1) is 6.67 Å². The number of rotatable bonds is 0. The van der Waals surface area contributed by atoms with Crippen LogP contribution < -0.4 is 10.2 Å². The molecule has 1 heterocycles. The van der Waals surface area contributed by atoms with Gasteiger partial charge < -0.3 is 0 Å². The van der Waals surface area contributed by atoms with Crippen LogP contribution in [-0.4, -0.2) is 4.21 Å². The molecule has 2 N–H and O–H groups in total. The van der Waals surface area contributed by atoms with Gasteiger partial charge in [0.05, 0.1) is 0 Å². The lowest BCUT2D eigenvalue weighted by molar-refractivity contribution is 0.278. The van der Waals surface area contributed by atoms with E-state index in [-0.39, 0.29) is 0 Å². The number of hydroxylamine groups is 1. The van der Waals surface area contributed by atoms with Gasteiger partial charge in [-0.15, -0.1) is 0 Å². The van der Waals surface area contributed by atoms with Crippen molar-refractivity contribution < 1.29 is 8.49 Å². The monoisotopic (exact) mass is 107 g/mol. The minimum atomic E-state index is -1.34. The Kier molecular flexibility index (Phi) is 1.16. The summed E-state index contributed by atoms with van der Waals surface area (Å²) < 4.78 is 16.5. The lowest BCUT2D eigenvalue weighted by atomic mass is 11.3. The number of hydrogen-bond acceptors (Lipinski definition) is 3. The summed E-state index contributed by atoms with van der Waals surface area (Å²) in [4.78, 5) is 0. The van der Waals surface area contributed by atoms with E-state index in [0.29, 0.717) is 0 Å². The first kappa shape index (κ1) is 4.20. The van der Waals surface area contributed by atoms with Crippen LogP contribution in [0.1, 0.15) is 0 Å². The number of nitrogens with one attached hydrogen (secondary N) is 2. The zero-order valence-electron chi connectivity index (χ0n) is 2.80. The topological polar surface area (TPSA) is 50.4 Å². The quantitative estimate of drug-likeness (QED) is 0.409. The van der Waals surface area contributed by atoms with Gasteiger partial charge >= 0.3 is 0 Å². The van der Waals surface area contributed by atoms with Crippen molar-refractivity contribution in [3.63, 3.8) is 0 Å². The minimum Gasteiger partial charge on any atom is -0.210 e. The summed E-state index contributed by atoms with van der Waals surface area (Å²) in [5.41, 5.74) is 2.24. The Hall–Kier alpha value is 0.0300. The molecule has 0 bridgehead atoms. The third-order valence-corrected chi connectivity index (χ3v) is 0.896. The van der Waals surface area contributed by atoms with E-state index in [1.54, 1.807) is 0 Å². The van der Waals surface area contributed by atoms with Gasteiger partial charge in [0.1, 0.15) is 6.67 Å². The molecule has 0 aromatic heterocycles. The van der Waals surface area contributed by atoms with E-state index in [9.17, 15) is 4.21 Å². The fourth-order valence-electron chi connectivity index (χ4n) is 0.164. The molecule has 1 fully saturated rings. The first-order valence-corrected chi connectivity index (χ1v) is 2.39. The highest BCUT2D eigenvalue weighted by molar-refractivity contribution is 7.78. The van der Waals surface area contributed by atoms with Gasteiger partial charge in [-0.2, -0.15) is 14.5 Å². The van der Waals surface area contributed by atoms with Crippen LogP contribution in [0.2, 0.25) is 0 Å². The van der Waals surface area contributed by atoms with Gasteiger partial charge in [0.15, 0.2) is 0 Å². The van der Waals surface area contributed by atoms with Gasteiger partial charge in [-0.05, 0) is 0 Å². The summed E-state index contributed by atoms with van der Waals surface area (Å²) in [5.74, 6) is 0. The van der Waals surface area contributed by atoms with Crippen molar-refractivity contribution in [3.8, 4) is 0 Å². The van der Waals surface area contributed by atoms with E-state index >= 15 is 0 Å². The van der Waals surface area contributed by atoms with Crippen molar-refractivity contribution in [2.45, 2.75) is 0 Å². The van der Waals surface area contributed by atoms with Crippen molar-refractivity contribution in [3.05, 3.63) is 6.67 Å². The molecule has 6 heavy (non-hydrogen) atoms. The summed E-state index contributed by atoms with van der Waals surface area (Å²) in [7, 11) is 0. The molecule has 0 spiro atoms. The molecule has 0 aromatic carbocycles. The zero-order valence-corrected chi connectivity index (χ0v) is 3.62. The second kappa shape index (κ2) is 1.65. The lowest BCUT2D eigenvalue weighted by Gasteiger charge is -1.76. The molecule has 0 saturated carbocycles. The molecule has 35 valence electrons. The van der Waals surface area contributed by atoms with E-state index in [2.05, 4.69) is 14.5 Å². The molecule has 0 aliphatic carbocycles. The molecule has 4 nitrogen and oxygen atoms in total. The van der Waals surface area contributed by atoms with Gasteiger partial charge in [-0.25, -0.2) is 4.21 Å². The summed E-state index contributed by atoms with van der Waals surface area (Å²) in [5, 5.41) is 0. The molecule has 1 unspecified atom stereocenters. The summed E-state index contributed by atoms with van der Waals surface area (Å²) in [6, 6.07) is 0. The fourth-order valence-corrected chi connectivity index (χ4v) is 0.492. The maximum atomic E-state index is 9.93. The molecule has 1 atom stereocenters. The largest absolute Gasteiger partial charge is 0.253 e. The molecule has 0 aromatic rings. The third-order valence-electron chi connectivity index (χ3n) is 0.338. The van der Waals surface area contributed by atoms with Crippen molar-refractivity contribution in [2.24, 2.45) is 0 Å². The highest BCUT2D eigenvalue weighted by atomic mass is 32.2. The van der Waals surface area contributed by atoms with Crippen LogP contribution in [0.15, 0.2) is 0 Å². The van der Waals surface area contributed by atoms with Gasteiger partial charge in [0.2, 0.25) is 0 Å². The Balaban J connectivity index is 2.37. The van der Waals surface area contributed by atoms with E-state index in [1.807, 2.05) is 0 Å². The van der Waals surface area contributed by atoms with Crippen LogP contribution in [0.5, 0.6) is 0 Å². The molecule has 1 rings (SSSR count). The van der Waals surface area contributed by atoms with E-state index in [4.69, 9.17) is 0 Å². The highest BCUT2D eigenvalue weighted by Gasteiger charge is 2.04. The van der Waals surface area contributed by atoms with Crippen LogP contribution in [0.25, 0.3) is 0 Å². The van der Waals surface area contributed by atoms with Crippen molar-refractivity contribution >= 4 is 11.3 Å². The Bertz CT molecular complexity index is 65.9. The van der Waals surface area contributed by atoms with Crippen LogP contribution in [0.3, 0.4) is 0 Å². The predicted molar refractivity (Wildman–Crippen MR) is 19.8 cm³/mol. The SMILES string of the molecule is O=S1N[CH]NO1. The molecular weight excluding hydrogens is 104 g/mol. The van der Waals surface area contributed by atoms with E-state index in [0.717, 1.165) is 0 Å². The normalized spacial score (nSPS) is 34.3. The summed E-state index contributed by atoms with van der Waals surface area (Å²) >= 11 is -1.34. The first-order chi connectivity index (χ1) is 2.89. The van der Waals surface area contributed by atoms with Crippen molar-refractivity contribution in [1.29, 1.82) is 0 Å². The Morgan fingerprint density at radius 1 is 1.83 bits per heavy atom. The Morgan fingerprint density at radius 2 is 2.67 bits per heavy atom. The summed E-state index contributed by atoms with van der Waals surface area (Å²) in [6.45, 7) is 1.36. The lowest BCUT2D eigenvalue weighted by Crippen LogP contribution is -2.03. The van der Waals surface area contributed by atoms with Crippen LogP contribution >= 0.6 is 0 Å². The molecule has 5 heteroatoms. The smallest absolute Gasteiger partial charge is 0.210 e. The molecular formula is CH3N2O2S. The Morgan fingerprint density at radius 3 is 2.83 bits per heavy atom. The minimum absolute atomic E-state index is 1.34. The third kappa shape index (κ3) is 0.749. The molecule has 1 aliphatic heterocycles. The maximum Gasteiger partial charge on any atom is 0.253 e. The maximum absolute atomic E-state index is 9.93. The average molecular weight is 107 g/mol. The van der Waals surface area contributed by atoms with Crippen molar-refractivity contribution in [2.75, 3.05) is 0 Å². The molecule has 1 saturated heterocycles. The van der Waals surface area contributed by atoms with Gasteiger partial charge in [-0.1, -0.05) is 0 Å². The van der Waals surface area contributed by atoms with Gasteiger partial charge in [-0.3, -0.25) is 0 Å². The van der Waals surface area contributed by atoms with E-state index in [1.165, 1.54) is 6.67 Å². The molecule has 1 radical (unpaired) electrons. The van der Waals surface area contributed by atoms with Crippen molar-refractivity contribution in [1.82, 2.24) is 10.2 Å². The first-order valence-electron chi connectivity index (χ1n) is 1.32.